The molecule has 7 heteroatoms. The van der Waals surface area contributed by atoms with Gasteiger partial charge in [0, 0.05) is 38.2 Å². The van der Waals surface area contributed by atoms with Gasteiger partial charge in [0.2, 0.25) is 17.7 Å². The predicted octanol–water partition coefficient (Wildman–Crippen LogP) is 2.80. The third kappa shape index (κ3) is 4.46. The van der Waals surface area contributed by atoms with E-state index in [1.807, 2.05) is 6.92 Å². The number of nitrogens with zero attached hydrogens (tertiary/aromatic N) is 2. The molecule has 0 spiro atoms. The molecule has 2 fully saturated rings. The van der Waals surface area contributed by atoms with Crippen LogP contribution in [0.2, 0.25) is 0 Å². The highest BCUT2D eigenvalue weighted by Crippen LogP contribution is 2.34. The van der Waals surface area contributed by atoms with Crippen molar-refractivity contribution in [1.29, 1.82) is 0 Å². The van der Waals surface area contributed by atoms with Gasteiger partial charge in [0.1, 0.15) is 5.75 Å². The van der Waals surface area contributed by atoms with Gasteiger partial charge in [-0.3, -0.25) is 14.4 Å². The number of hydrogen-bond donors (Lipinski definition) is 1. The van der Waals surface area contributed by atoms with Crippen LogP contribution >= 0.6 is 0 Å². The predicted molar refractivity (Wildman–Crippen MR) is 107 cm³/mol. The second-order valence-electron chi connectivity index (χ2n) is 7.45. The molecule has 0 aromatic heterocycles. The molecule has 0 saturated carbocycles. The van der Waals surface area contributed by atoms with E-state index in [-0.39, 0.29) is 23.6 Å². The molecule has 7 nitrogen and oxygen atoms in total. The van der Waals surface area contributed by atoms with Crippen LogP contribution in [0.4, 0.5) is 11.4 Å². The van der Waals surface area contributed by atoms with Crippen molar-refractivity contribution in [3.05, 3.63) is 18.2 Å². The lowest BCUT2D eigenvalue weighted by molar-refractivity contribution is -0.134. The monoisotopic (exact) mass is 387 g/mol. The molecular weight excluding hydrogens is 358 g/mol. The molecule has 1 aromatic carbocycles. The van der Waals surface area contributed by atoms with E-state index in [0.717, 1.165) is 32.2 Å². The summed E-state index contributed by atoms with van der Waals surface area (Å²) in [6.45, 7) is 3.84. The van der Waals surface area contributed by atoms with Crippen LogP contribution in [0.3, 0.4) is 0 Å². The summed E-state index contributed by atoms with van der Waals surface area (Å²) in [4.78, 5) is 40.6. The normalized spacial score (nSPS) is 19.6. The van der Waals surface area contributed by atoms with Gasteiger partial charge in [-0.05, 0) is 43.9 Å². The Morgan fingerprint density at radius 2 is 2.07 bits per heavy atom. The van der Waals surface area contributed by atoms with E-state index in [1.54, 1.807) is 35.1 Å². The van der Waals surface area contributed by atoms with Crippen LogP contribution in [-0.4, -0.2) is 49.4 Å². The first-order valence-electron chi connectivity index (χ1n) is 10.1. The van der Waals surface area contributed by atoms with Gasteiger partial charge in [0.05, 0.1) is 18.7 Å². The fraction of sp³-hybridized carbons (Fsp3) is 0.571. The molecule has 1 aromatic rings. The minimum Gasteiger partial charge on any atom is -0.495 e. The van der Waals surface area contributed by atoms with E-state index in [9.17, 15) is 14.4 Å². The minimum absolute atomic E-state index is 0.0686. The second-order valence-corrected chi connectivity index (χ2v) is 7.45. The highest BCUT2D eigenvalue weighted by Gasteiger charge is 2.29. The molecule has 1 unspecified atom stereocenters. The van der Waals surface area contributed by atoms with Gasteiger partial charge >= 0.3 is 0 Å². The molecule has 0 bridgehead atoms. The van der Waals surface area contributed by atoms with E-state index in [4.69, 9.17) is 4.74 Å². The van der Waals surface area contributed by atoms with Crippen molar-refractivity contribution in [3.8, 4) is 5.75 Å². The van der Waals surface area contributed by atoms with Gasteiger partial charge in [-0.15, -0.1) is 0 Å². The van der Waals surface area contributed by atoms with Crippen molar-refractivity contribution in [2.24, 2.45) is 5.92 Å². The summed E-state index contributed by atoms with van der Waals surface area (Å²) in [7, 11) is 1.57. The molecule has 2 heterocycles. The van der Waals surface area contributed by atoms with Crippen molar-refractivity contribution < 1.29 is 19.1 Å². The molecule has 1 atom stereocenters. The molecule has 0 aliphatic carbocycles. The Morgan fingerprint density at radius 3 is 2.75 bits per heavy atom. The largest absolute Gasteiger partial charge is 0.495 e. The molecule has 0 radical (unpaired) electrons. The highest BCUT2D eigenvalue weighted by atomic mass is 16.5. The average Bonchev–Trinajstić information content (AvgIpc) is 3.14. The van der Waals surface area contributed by atoms with Gasteiger partial charge in [-0.25, -0.2) is 0 Å². The summed E-state index contributed by atoms with van der Waals surface area (Å²) in [6.07, 6.45) is 4.31. The van der Waals surface area contributed by atoms with Crippen LogP contribution in [0, 0.1) is 5.92 Å². The van der Waals surface area contributed by atoms with Crippen molar-refractivity contribution in [3.63, 3.8) is 0 Å². The zero-order chi connectivity index (χ0) is 20.1. The second kappa shape index (κ2) is 9.08. The molecule has 2 aliphatic heterocycles. The Balaban J connectivity index is 1.70. The zero-order valence-corrected chi connectivity index (χ0v) is 16.7. The number of anilines is 2. The van der Waals surface area contributed by atoms with E-state index in [1.165, 1.54) is 0 Å². The van der Waals surface area contributed by atoms with Crippen LogP contribution in [0.5, 0.6) is 5.75 Å². The number of ether oxygens (including phenoxy) is 1. The first-order chi connectivity index (χ1) is 13.5. The van der Waals surface area contributed by atoms with Crippen molar-refractivity contribution in [2.75, 3.05) is 37.0 Å². The average molecular weight is 387 g/mol. The zero-order valence-electron chi connectivity index (χ0n) is 16.7. The van der Waals surface area contributed by atoms with Crippen molar-refractivity contribution in [1.82, 2.24) is 4.90 Å². The first kappa shape index (κ1) is 20.2. The van der Waals surface area contributed by atoms with Gasteiger partial charge in [0.15, 0.2) is 0 Å². The van der Waals surface area contributed by atoms with Crippen molar-refractivity contribution in [2.45, 2.75) is 45.4 Å². The maximum atomic E-state index is 12.8. The number of methoxy groups -OCH3 is 1. The summed E-state index contributed by atoms with van der Waals surface area (Å²) in [5.74, 6) is 0.507. The fourth-order valence-electron chi connectivity index (χ4n) is 3.92. The number of nitrogens with one attached hydrogen (secondary N) is 1. The summed E-state index contributed by atoms with van der Waals surface area (Å²) < 4.78 is 5.40. The molecule has 2 saturated heterocycles. The number of rotatable bonds is 6. The van der Waals surface area contributed by atoms with E-state index >= 15 is 0 Å². The Labute approximate surface area is 166 Å². The first-order valence-corrected chi connectivity index (χ1v) is 10.1. The van der Waals surface area contributed by atoms with Crippen LogP contribution < -0.4 is 15.0 Å². The quantitative estimate of drug-likeness (QED) is 0.814. The third-order valence-corrected chi connectivity index (χ3v) is 5.42. The lowest BCUT2D eigenvalue weighted by Gasteiger charge is -2.32. The molecule has 3 amide bonds. The topological polar surface area (TPSA) is 79.0 Å². The lowest BCUT2D eigenvalue weighted by Crippen LogP contribution is -2.43. The maximum Gasteiger partial charge on any atom is 0.229 e. The lowest BCUT2D eigenvalue weighted by atomic mass is 9.96. The number of carbonyl (C=O) groups is 3. The number of benzene rings is 1. The third-order valence-electron chi connectivity index (χ3n) is 5.42. The van der Waals surface area contributed by atoms with Crippen LogP contribution in [0.25, 0.3) is 0 Å². The van der Waals surface area contributed by atoms with Crippen LogP contribution in [0.1, 0.15) is 45.4 Å². The maximum absolute atomic E-state index is 12.8. The SMILES string of the molecule is CCCC(=O)N1CCCC(C(=O)Nc2ccc(OC)c(N3CCCC3=O)c2)C1. The highest BCUT2D eigenvalue weighted by molar-refractivity contribution is 5.99. The Hall–Kier alpha value is -2.57. The number of amides is 3. The summed E-state index contributed by atoms with van der Waals surface area (Å²) in [6, 6.07) is 5.35. The summed E-state index contributed by atoms with van der Waals surface area (Å²) in [5, 5.41) is 2.96. The molecular formula is C21H29N3O4. The molecule has 28 heavy (non-hydrogen) atoms. The van der Waals surface area contributed by atoms with Crippen molar-refractivity contribution >= 4 is 29.1 Å². The molecule has 3 rings (SSSR count). The molecule has 2 aliphatic rings. The minimum atomic E-state index is -0.214. The Morgan fingerprint density at radius 1 is 1.25 bits per heavy atom. The number of carbonyl (C=O) groups excluding carboxylic acids is 3. The van der Waals surface area contributed by atoms with Gasteiger partial charge in [0.25, 0.3) is 0 Å². The van der Waals surface area contributed by atoms with Crippen LogP contribution in [0.15, 0.2) is 18.2 Å². The van der Waals surface area contributed by atoms with Gasteiger partial charge in [-0.2, -0.15) is 0 Å². The van der Waals surface area contributed by atoms with E-state index in [2.05, 4.69) is 5.32 Å². The molecule has 1 N–H and O–H groups in total. The number of likely N-dealkylation sites (tertiary alicyclic amines) is 1. The van der Waals surface area contributed by atoms with Crippen LogP contribution in [-0.2, 0) is 14.4 Å². The van der Waals surface area contributed by atoms with Gasteiger partial charge < -0.3 is 19.9 Å². The van der Waals surface area contributed by atoms with E-state index in [0.29, 0.717) is 43.1 Å². The number of piperidine rings is 1. The van der Waals surface area contributed by atoms with E-state index < -0.39 is 0 Å². The summed E-state index contributed by atoms with van der Waals surface area (Å²) >= 11 is 0. The summed E-state index contributed by atoms with van der Waals surface area (Å²) in [5.41, 5.74) is 1.32. The Bertz CT molecular complexity index is 749. The molecule has 152 valence electrons. The Kier molecular flexibility index (Phi) is 6.54. The standard InChI is InChI=1S/C21H29N3O4/c1-3-6-19(25)23-11-4-7-15(14-23)21(27)22-16-9-10-18(28-2)17(13-16)24-12-5-8-20(24)26/h9-10,13,15H,3-8,11-12,14H2,1-2H3,(H,22,27). The smallest absolute Gasteiger partial charge is 0.229 e. The number of hydrogen-bond acceptors (Lipinski definition) is 4. The fourth-order valence-corrected chi connectivity index (χ4v) is 3.92. The van der Waals surface area contributed by atoms with Gasteiger partial charge in [-0.1, -0.05) is 6.92 Å².